The molecular weight excluding hydrogens is 127 g/mol. The molecule has 0 spiro atoms. The average Bonchev–Trinajstić information content (AvgIpc) is 2.36. The minimum Gasteiger partial charge on any atom is -0.0741 e. The zero-order valence-electron chi connectivity index (χ0n) is 6.48. The highest BCUT2D eigenvalue weighted by atomic mass is 31.1. The molecule has 1 saturated heterocycles. The van der Waals surface area contributed by atoms with Gasteiger partial charge in [0.05, 0.1) is 0 Å². The van der Waals surface area contributed by atoms with Crippen molar-refractivity contribution in [2.75, 3.05) is 6.16 Å². The molecule has 0 aliphatic carbocycles. The summed E-state index contributed by atoms with van der Waals surface area (Å²) in [6.45, 7) is 4.67. The van der Waals surface area contributed by atoms with Crippen LogP contribution in [0.25, 0.3) is 0 Å². The van der Waals surface area contributed by atoms with E-state index in [1.54, 1.807) is 8.58 Å². The Labute approximate surface area is 60.2 Å². The van der Waals surface area contributed by atoms with Crippen molar-refractivity contribution in [2.24, 2.45) is 0 Å². The third-order valence-corrected chi connectivity index (χ3v) is 4.63. The molecule has 1 aliphatic rings. The van der Waals surface area contributed by atoms with Crippen LogP contribution in [0, 0.1) is 0 Å². The highest BCUT2D eigenvalue weighted by molar-refractivity contribution is 7.40. The van der Waals surface area contributed by atoms with Crippen LogP contribution in [0.4, 0.5) is 0 Å². The van der Waals surface area contributed by atoms with Crippen LogP contribution >= 0.6 is 8.58 Å². The van der Waals surface area contributed by atoms with E-state index in [0.717, 1.165) is 5.16 Å². The maximum Gasteiger partial charge on any atom is -0.00608 e. The maximum absolute atomic E-state index is 2.34. The molecule has 1 radical (unpaired) electrons. The largest absolute Gasteiger partial charge is 0.0741 e. The van der Waals surface area contributed by atoms with E-state index < -0.39 is 0 Å². The van der Waals surface area contributed by atoms with Gasteiger partial charge in [0.15, 0.2) is 0 Å². The van der Waals surface area contributed by atoms with E-state index in [9.17, 15) is 0 Å². The second kappa shape index (κ2) is 3.01. The van der Waals surface area contributed by atoms with Gasteiger partial charge in [0.2, 0.25) is 0 Å². The lowest BCUT2D eigenvalue weighted by atomic mass is 9.97. The molecule has 0 N–H and O–H groups in total. The van der Waals surface area contributed by atoms with Gasteiger partial charge in [-0.05, 0) is 37.0 Å². The molecule has 0 nitrogen and oxygen atoms in total. The van der Waals surface area contributed by atoms with Crippen LogP contribution in [-0.4, -0.2) is 11.3 Å². The van der Waals surface area contributed by atoms with Crippen molar-refractivity contribution in [3.63, 3.8) is 0 Å². The Bertz CT molecular complexity index is 76.6. The van der Waals surface area contributed by atoms with Crippen LogP contribution in [0.1, 0.15) is 39.5 Å². The van der Waals surface area contributed by atoms with Gasteiger partial charge in [0.25, 0.3) is 0 Å². The van der Waals surface area contributed by atoms with Crippen LogP contribution in [0.15, 0.2) is 0 Å². The van der Waals surface area contributed by atoms with Crippen LogP contribution in [0.2, 0.25) is 0 Å². The van der Waals surface area contributed by atoms with Gasteiger partial charge in [-0.1, -0.05) is 22.4 Å². The molecular formula is C8H16P. The second-order valence-electron chi connectivity index (χ2n) is 2.92. The van der Waals surface area contributed by atoms with Crippen molar-refractivity contribution < 1.29 is 0 Å². The molecule has 0 atom stereocenters. The van der Waals surface area contributed by atoms with Crippen molar-refractivity contribution in [1.82, 2.24) is 0 Å². The van der Waals surface area contributed by atoms with E-state index in [4.69, 9.17) is 0 Å². The Kier molecular flexibility index (Phi) is 2.52. The summed E-state index contributed by atoms with van der Waals surface area (Å²) in [5, 5.41) is 0.750. The van der Waals surface area contributed by atoms with E-state index in [2.05, 4.69) is 13.8 Å². The first-order valence-electron chi connectivity index (χ1n) is 4.01. The number of hydrogen-bond donors (Lipinski definition) is 0. The lowest BCUT2D eigenvalue weighted by molar-refractivity contribution is 0.522. The lowest BCUT2D eigenvalue weighted by Gasteiger charge is -2.23. The topological polar surface area (TPSA) is 0 Å². The third-order valence-electron chi connectivity index (χ3n) is 2.56. The number of hydrogen-bond acceptors (Lipinski definition) is 0. The van der Waals surface area contributed by atoms with E-state index in [-0.39, 0.29) is 0 Å². The van der Waals surface area contributed by atoms with E-state index >= 15 is 0 Å². The SMILES string of the molecule is CCC1(CC)CCC[P]1. The minimum absolute atomic E-state index is 0.750. The zero-order valence-corrected chi connectivity index (χ0v) is 7.38. The monoisotopic (exact) mass is 143 g/mol. The summed E-state index contributed by atoms with van der Waals surface area (Å²) < 4.78 is 0. The average molecular weight is 143 g/mol. The molecule has 9 heavy (non-hydrogen) atoms. The summed E-state index contributed by atoms with van der Waals surface area (Å²) in [4.78, 5) is 0. The minimum atomic E-state index is 0.750. The first kappa shape index (κ1) is 7.54. The first-order valence-corrected chi connectivity index (χ1v) is 5.09. The zero-order chi connectivity index (χ0) is 6.74. The highest BCUT2D eigenvalue weighted by Gasteiger charge is 2.30. The van der Waals surface area contributed by atoms with Gasteiger partial charge >= 0.3 is 0 Å². The van der Waals surface area contributed by atoms with Gasteiger partial charge in [0.1, 0.15) is 0 Å². The summed E-state index contributed by atoms with van der Waals surface area (Å²) in [5.74, 6) is 0. The lowest BCUT2D eigenvalue weighted by Crippen LogP contribution is -2.15. The highest BCUT2D eigenvalue weighted by Crippen LogP contribution is 2.47. The third kappa shape index (κ3) is 1.46. The molecule has 1 heterocycles. The molecule has 1 fully saturated rings. The molecule has 0 aromatic heterocycles. The Hall–Kier alpha value is 0.430. The predicted octanol–water partition coefficient (Wildman–Crippen LogP) is 3.29. The molecule has 0 unspecified atom stereocenters. The molecule has 1 aliphatic heterocycles. The fraction of sp³-hybridized carbons (Fsp3) is 1.00. The summed E-state index contributed by atoms with van der Waals surface area (Å²) in [6, 6.07) is 0. The Morgan fingerprint density at radius 1 is 1.33 bits per heavy atom. The van der Waals surface area contributed by atoms with Crippen LogP contribution in [-0.2, 0) is 0 Å². The van der Waals surface area contributed by atoms with Gasteiger partial charge in [0, 0.05) is 0 Å². The fourth-order valence-electron chi connectivity index (χ4n) is 1.63. The summed E-state index contributed by atoms with van der Waals surface area (Å²) >= 11 is 0. The van der Waals surface area contributed by atoms with Crippen LogP contribution in [0.5, 0.6) is 0 Å². The molecule has 1 heteroatoms. The Balaban J connectivity index is 2.45. The van der Waals surface area contributed by atoms with E-state index in [1.165, 1.54) is 31.8 Å². The molecule has 0 amide bonds. The summed E-state index contributed by atoms with van der Waals surface area (Å²) in [6.07, 6.45) is 7.21. The summed E-state index contributed by atoms with van der Waals surface area (Å²) in [7, 11) is 1.73. The number of rotatable bonds is 2. The Morgan fingerprint density at radius 2 is 2.00 bits per heavy atom. The van der Waals surface area contributed by atoms with Gasteiger partial charge < -0.3 is 0 Å². The molecule has 0 bridgehead atoms. The predicted molar refractivity (Wildman–Crippen MR) is 44.3 cm³/mol. The van der Waals surface area contributed by atoms with Crippen LogP contribution in [0.3, 0.4) is 0 Å². The van der Waals surface area contributed by atoms with Gasteiger partial charge in [-0.15, -0.1) is 0 Å². The van der Waals surface area contributed by atoms with Gasteiger partial charge in [-0.25, -0.2) is 0 Å². The van der Waals surface area contributed by atoms with E-state index in [1.807, 2.05) is 0 Å². The van der Waals surface area contributed by atoms with Crippen LogP contribution < -0.4 is 0 Å². The first-order chi connectivity index (χ1) is 4.33. The van der Waals surface area contributed by atoms with Crippen molar-refractivity contribution >= 4 is 8.58 Å². The van der Waals surface area contributed by atoms with Gasteiger partial charge in [-0.2, -0.15) is 0 Å². The van der Waals surface area contributed by atoms with Crippen molar-refractivity contribution in [3.05, 3.63) is 0 Å². The second-order valence-corrected chi connectivity index (χ2v) is 4.63. The normalized spacial score (nSPS) is 27.3. The maximum atomic E-state index is 2.34. The van der Waals surface area contributed by atoms with Crippen molar-refractivity contribution in [3.8, 4) is 0 Å². The molecule has 0 aromatic carbocycles. The molecule has 0 saturated carbocycles. The van der Waals surface area contributed by atoms with Crippen molar-refractivity contribution in [1.29, 1.82) is 0 Å². The summed E-state index contributed by atoms with van der Waals surface area (Å²) in [5.41, 5.74) is 0. The standard InChI is InChI=1S/C8H16P/c1-3-8(4-2)6-5-7-9-8/h3-7H2,1-2H3. The smallest absolute Gasteiger partial charge is 0.00608 e. The Morgan fingerprint density at radius 3 is 2.22 bits per heavy atom. The molecule has 53 valence electrons. The van der Waals surface area contributed by atoms with Crippen molar-refractivity contribution in [2.45, 2.75) is 44.7 Å². The molecule has 1 rings (SSSR count). The molecule has 0 aromatic rings. The van der Waals surface area contributed by atoms with E-state index in [0.29, 0.717) is 0 Å². The van der Waals surface area contributed by atoms with Gasteiger partial charge in [-0.3, -0.25) is 0 Å². The fourth-order valence-corrected chi connectivity index (χ4v) is 3.18. The quantitative estimate of drug-likeness (QED) is 0.520.